The number of hydrogen-bond donors (Lipinski definition) is 0. The van der Waals surface area contributed by atoms with Gasteiger partial charge >= 0.3 is 0 Å². The van der Waals surface area contributed by atoms with Crippen LogP contribution in [-0.4, -0.2) is 43.4 Å². The van der Waals surface area contributed by atoms with Crippen molar-refractivity contribution in [1.29, 1.82) is 0 Å². The minimum absolute atomic E-state index is 0.222. The van der Waals surface area contributed by atoms with Gasteiger partial charge in [-0.3, -0.25) is 9.59 Å². The number of benzene rings is 3. The summed E-state index contributed by atoms with van der Waals surface area (Å²) in [6.07, 6.45) is 3.63. The number of rotatable bonds is 6. The van der Waals surface area contributed by atoms with E-state index in [9.17, 15) is 9.59 Å². The number of aromatic nitrogens is 6. The molecule has 0 N–H and O–H groups in total. The fourth-order valence-electron chi connectivity index (χ4n) is 4.38. The normalized spacial score (nSPS) is 12.5. The number of ether oxygens (including phenoxy) is 2. The van der Waals surface area contributed by atoms with Gasteiger partial charge < -0.3 is 9.47 Å². The Hall–Kier alpha value is -5.20. The van der Waals surface area contributed by atoms with E-state index in [-0.39, 0.29) is 11.1 Å². The Morgan fingerprint density at radius 3 is 1.31 bits per heavy atom. The van der Waals surface area contributed by atoms with Crippen LogP contribution in [0.15, 0.2) is 82.4 Å². The third-order valence-electron chi connectivity index (χ3n) is 6.59. The van der Waals surface area contributed by atoms with Gasteiger partial charge in [0.25, 0.3) is 11.1 Å². The lowest BCUT2D eigenvalue weighted by Crippen LogP contribution is -2.23. The topological polar surface area (TPSA) is 113 Å². The average molecular weight is 593 g/mol. The lowest BCUT2D eigenvalue weighted by molar-refractivity contribution is 0.414. The molecule has 0 aliphatic carbocycles. The molecule has 206 valence electrons. The first-order valence-corrected chi connectivity index (χ1v) is 14.3. The predicted molar refractivity (Wildman–Crippen MR) is 162 cm³/mol. The van der Waals surface area contributed by atoms with Crippen molar-refractivity contribution in [2.75, 3.05) is 14.2 Å². The average Bonchev–Trinajstić information content (AvgIpc) is 3.77. The van der Waals surface area contributed by atoms with Crippen molar-refractivity contribution in [3.05, 3.63) is 114 Å². The van der Waals surface area contributed by atoms with Crippen LogP contribution in [0.25, 0.3) is 44.8 Å². The maximum Gasteiger partial charge on any atom is 0.291 e. The Balaban J connectivity index is 1.14. The molecule has 10 nitrogen and oxygen atoms in total. The highest BCUT2D eigenvalue weighted by molar-refractivity contribution is 7.15. The second kappa shape index (κ2) is 10.3. The van der Waals surface area contributed by atoms with Crippen molar-refractivity contribution in [3.8, 4) is 34.3 Å². The van der Waals surface area contributed by atoms with E-state index in [0.29, 0.717) is 30.6 Å². The first-order chi connectivity index (χ1) is 20.5. The molecule has 0 aliphatic heterocycles. The van der Waals surface area contributed by atoms with Gasteiger partial charge in [-0.15, -0.1) is 10.2 Å². The summed E-state index contributed by atoms with van der Waals surface area (Å²) in [5.41, 5.74) is 2.82. The molecule has 0 fully saturated rings. The van der Waals surface area contributed by atoms with Gasteiger partial charge in [-0.05, 0) is 47.5 Å². The highest BCUT2D eigenvalue weighted by atomic mass is 32.1. The van der Waals surface area contributed by atoms with Gasteiger partial charge in [-0.25, -0.2) is 0 Å². The molecule has 4 aromatic heterocycles. The molecule has 0 atom stereocenters. The van der Waals surface area contributed by atoms with E-state index in [1.165, 1.54) is 31.7 Å². The molecule has 4 heterocycles. The van der Waals surface area contributed by atoms with Crippen LogP contribution < -0.4 is 29.7 Å². The zero-order valence-electron chi connectivity index (χ0n) is 22.2. The van der Waals surface area contributed by atoms with E-state index in [4.69, 9.17) is 9.47 Å². The standard InChI is InChI=1S/C30H20N6O4S2/c1-39-21-11-3-17(4-12-21)15-23-27(37)35-29(41-23)31-25(33-35)19-7-9-20(10-8-19)26-32-30-36(34-26)28(38)24(42-30)16-18-5-13-22(40-2)14-6-18/h3-16H,1-2H3/b23-15+,24-16+. The molecule has 0 saturated heterocycles. The van der Waals surface area contributed by atoms with Crippen molar-refractivity contribution in [3.63, 3.8) is 0 Å². The molecular formula is C30H20N6O4S2. The molecule has 0 spiro atoms. The van der Waals surface area contributed by atoms with E-state index >= 15 is 0 Å². The van der Waals surface area contributed by atoms with Crippen molar-refractivity contribution in [2.45, 2.75) is 0 Å². The summed E-state index contributed by atoms with van der Waals surface area (Å²) >= 11 is 2.57. The summed E-state index contributed by atoms with van der Waals surface area (Å²) in [7, 11) is 3.22. The third-order valence-corrected chi connectivity index (χ3v) is 8.51. The Kier molecular flexibility index (Phi) is 6.33. The first kappa shape index (κ1) is 25.7. The molecule has 7 rings (SSSR count). The summed E-state index contributed by atoms with van der Waals surface area (Å²) in [6.45, 7) is 0. The maximum atomic E-state index is 12.9. The van der Waals surface area contributed by atoms with E-state index < -0.39 is 0 Å². The second-order valence-electron chi connectivity index (χ2n) is 9.21. The van der Waals surface area contributed by atoms with E-state index in [1.54, 1.807) is 14.2 Å². The molecule has 0 saturated carbocycles. The van der Waals surface area contributed by atoms with Crippen molar-refractivity contribution in [2.24, 2.45) is 0 Å². The van der Waals surface area contributed by atoms with Gasteiger partial charge in [0.2, 0.25) is 9.92 Å². The van der Waals surface area contributed by atoms with E-state index in [2.05, 4.69) is 20.2 Å². The molecular weight excluding hydrogens is 573 g/mol. The fourth-order valence-corrected chi connectivity index (χ4v) is 6.20. The number of nitrogens with zero attached hydrogens (tertiary/aromatic N) is 6. The summed E-state index contributed by atoms with van der Waals surface area (Å²) in [5, 5.41) is 8.89. The van der Waals surface area contributed by atoms with Gasteiger partial charge in [0.05, 0.1) is 23.3 Å². The van der Waals surface area contributed by atoms with Crippen molar-refractivity contribution < 1.29 is 9.47 Å². The van der Waals surface area contributed by atoms with Crippen LogP contribution in [0.4, 0.5) is 0 Å². The molecule has 7 aromatic rings. The maximum absolute atomic E-state index is 12.9. The Bertz CT molecular complexity index is 2140. The van der Waals surface area contributed by atoms with Crippen molar-refractivity contribution in [1.82, 2.24) is 29.2 Å². The van der Waals surface area contributed by atoms with E-state index in [1.807, 2.05) is 84.9 Å². The van der Waals surface area contributed by atoms with Crippen molar-refractivity contribution >= 4 is 44.7 Å². The Labute approximate surface area is 245 Å². The lowest BCUT2D eigenvalue weighted by Gasteiger charge is -1.98. The molecule has 42 heavy (non-hydrogen) atoms. The largest absolute Gasteiger partial charge is 0.497 e. The fraction of sp³-hybridized carbons (Fsp3) is 0.0667. The number of methoxy groups -OCH3 is 2. The molecule has 0 amide bonds. The lowest BCUT2D eigenvalue weighted by atomic mass is 10.1. The van der Waals surface area contributed by atoms with Crippen LogP contribution in [-0.2, 0) is 0 Å². The highest BCUT2D eigenvalue weighted by Crippen LogP contribution is 2.22. The van der Waals surface area contributed by atoms with E-state index in [0.717, 1.165) is 33.8 Å². The van der Waals surface area contributed by atoms with Gasteiger partial charge in [0, 0.05) is 11.1 Å². The smallest absolute Gasteiger partial charge is 0.291 e. The minimum atomic E-state index is -0.222. The number of hydrogen-bond acceptors (Lipinski definition) is 10. The van der Waals surface area contributed by atoms with Crippen LogP contribution in [0.5, 0.6) is 11.5 Å². The molecule has 0 unspecified atom stereocenters. The molecule has 0 aliphatic rings. The molecule has 0 radical (unpaired) electrons. The Morgan fingerprint density at radius 2 is 0.976 bits per heavy atom. The van der Waals surface area contributed by atoms with Crippen LogP contribution in [0.1, 0.15) is 11.1 Å². The van der Waals surface area contributed by atoms with Gasteiger partial charge in [-0.2, -0.15) is 19.0 Å². The predicted octanol–water partition coefficient (Wildman–Crippen LogP) is 3.06. The van der Waals surface area contributed by atoms with Gasteiger partial charge in [-0.1, -0.05) is 71.2 Å². The van der Waals surface area contributed by atoms with Crippen LogP contribution in [0, 0.1) is 0 Å². The number of fused-ring (bicyclic) bond motifs is 2. The molecule has 0 bridgehead atoms. The van der Waals surface area contributed by atoms with Crippen LogP contribution in [0.2, 0.25) is 0 Å². The molecule has 12 heteroatoms. The van der Waals surface area contributed by atoms with Crippen LogP contribution in [0.3, 0.4) is 0 Å². The van der Waals surface area contributed by atoms with Gasteiger partial charge in [0.15, 0.2) is 11.6 Å². The minimum Gasteiger partial charge on any atom is -0.497 e. The number of thiazole rings is 2. The zero-order chi connectivity index (χ0) is 28.8. The van der Waals surface area contributed by atoms with Crippen LogP contribution >= 0.6 is 22.7 Å². The monoisotopic (exact) mass is 592 g/mol. The summed E-state index contributed by atoms with van der Waals surface area (Å²) in [4.78, 5) is 36.1. The highest BCUT2D eigenvalue weighted by Gasteiger charge is 2.15. The van der Waals surface area contributed by atoms with Gasteiger partial charge in [0.1, 0.15) is 11.5 Å². The summed E-state index contributed by atoms with van der Waals surface area (Å²) < 4.78 is 14.1. The SMILES string of the molecule is COc1ccc(/C=c2/sc3nc(-c4ccc(-c5nc6s/c(=C/c7ccc(OC)cc7)c(=O)n6n5)cc4)nn3c2=O)cc1. The summed E-state index contributed by atoms with van der Waals surface area (Å²) in [6, 6.07) is 22.3. The second-order valence-corrected chi connectivity index (χ2v) is 11.2. The molecule has 3 aromatic carbocycles. The quantitative estimate of drug-likeness (QED) is 0.290. The Morgan fingerprint density at radius 1 is 0.595 bits per heavy atom. The zero-order valence-corrected chi connectivity index (χ0v) is 23.8. The third kappa shape index (κ3) is 4.62. The first-order valence-electron chi connectivity index (χ1n) is 12.7. The summed E-state index contributed by atoms with van der Waals surface area (Å²) in [5.74, 6) is 2.39.